The van der Waals surface area contributed by atoms with Gasteiger partial charge in [0.15, 0.2) is 0 Å². The molecule has 0 spiro atoms. The smallest absolute Gasteiger partial charge is 0.276 e. The van der Waals surface area contributed by atoms with Crippen LogP contribution in [0.25, 0.3) is 23.1 Å². The molecule has 3 rings (SSSR count). The van der Waals surface area contributed by atoms with Crippen LogP contribution >= 0.6 is 0 Å². The average Bonchev–Trinajstić information content (AvgIpc) is 2.85. The molecule has 1 unspecified atom stereocenters. The topological polar surface area (TPSA) is 80.5 Å². The van der Waals surface area contributed by atoms with Crippen molar-refractivity contribution in [1.29, 1.82) is 0 Å². The number of methoxy groups -OCH3 is 1. The average molecular weight is 463 g/mol. The summed E-state index contributed by atoms with van der Waals surface area (Å²) in [7, 11) is 1.65. The number of anilines is 1. The SMILES string of the molecule is CCN(CC)CCCC(C)Nc1cc(C=Cc2ccccc2[N+](=O)[O-])nc2ccc(OC)cc12. The van der Waals surface area contributed by atoms with Gasteiger partial charge in [0, 0.05) is 23.2 Å². The molecule has 7 heteroatoms. The number of aromatic nitrogens is 1. The molecule has 0 aliphatic carbocycles. The van der Waals surface area contributed by atoms with Gasteiger partial charge in [0.2, 0.25) is 0 Å². The zero-order valence-corrected chi connectivity index (χ0v) is 20.5. The molecule has 0 aliphatic heterocycles. The summed E-state index contributed by atoms with van der Waals surface area (Å²) in [6, 6.07) is 14.8. The third kappa shape index (κ3) is 6.54. The molecule has 0 bridgehead atoms. The molecular formula is C27H34N4O3. The monoisotopic (exact) mass is 462 g/mol. The summed E-state index contributed by atoms with van der Waals surface area (Å²) in [5, 5.41) is 16.0. The van der Waals surface area contributed by atoms with E-state index in [1.165, 1.54) is 6.07 Å². The Hall–Kier alpha value is -3.45. The molecule has 7 nitrogen and oxygen atoms in total. The van der Waals surface area contributed by atoms with E-state index < -0.39 is 0 Å². The van der Waals surface area contributed by atoms with Gasteiger partial charge < -0.3 is 15.0 Å². The zero-order chi connectivity index (χ0) is 24.5. The molecule has 1 heterocycles. The Labute approximate surface area is 201 Å². The fourth-order valence-electron chi connectivity index (χ4n) is 4.03. The lowest BCUT2D eigenvalue weighted by atomic mass is 10.1. The molecule has 0 aliphatic rings. The molecule has 2 aromatic carbocycles. The molecular weight excluding hydrogens is 428 g/mol. The Balaban J connectivity index is 1.88. The molecule has 0 saturated heterocycles. The Morgan fingerprint density at radius 3 is 2.62 bits per heavy atom. The van der Waals surface area contributed by atoms with Gasteiger partial charge in [-0.3, -0.25) is 10.1 Å². The summed E-state index contributed by atoms with van der Waals surface area (Å²) in [5.74, 6) is 0.773. The largest absolute Gasteiger partial charge is 0.497 e. The maximum Gasteiger partial charge on any atom is 0.276 e. The predicted octanol–water partition coefficient (Wildman–Crippen LogP) is 6.24. The van der Waals surface area contributed by atoms with E-state index in [1.54, 1.807) is 31.4 Å². The number of hydrogen-bond donors (Lipinski definition) is 1. The Kier molecular flexibility index (Phi) is 8.99. The maximum absolute atomic E-state index is 11.3. The number of hydrogen-bond acceptors (Lipinski definition) is 6. The number of ether oxygens (including phenoxy) is 1. The van der Waals surface area contributed by atoms with Crippen LogP contribution < -0.4 is 10.1 Å². The minimum Gasteiger partial charge on any atom is -0.497 e. The van der Waals surface area contributed by atoms with Crippen molar-refractivity contribution in [2.75, 3.05) is 32.1 Å². The molecule has 34 heavy (non-hydrogen) atoms. The Morgan fingerprint density at radius 2 is 1.91 bits per heavy atom. The molecule has 0 radical (unpaired) electrons. The number of rotatable bonds is 12. The second-order valence-corrected chi connectivity index (χ2v) is 8.34. The van der Waals surface area contributed by atoms with Gasteiger partial charge in [0.1, 0.15) is 5.75 Å². The lowest BCUT2D eigenvalue weighted by Crippen LogP contribution is -2.25. The van der Waals surface area contributed by atoms with Crippen LogP contribution in [0.4, 0.5) is 11.4 Å². The van der Waals surface area contributed by atoms with Crippen LogP contribution in [0.5, 0.6) is 5.75 Å². The van der Waals surface area contributed by atoms with Crippen LogP contribution in [0.15, 0.2) is 48.5 Å². The summed E-state index contributed by atoms with van der Waals surface area (Å²) in [6.45, 7) is 9.82. The minimum atomic E-state index is -0.368. The highest BCUT2D eigenvalue weighted by Crippen LogP contribution is 2.29. The fraction of sp³-hybridized carbons (Fsp3) is 0.370. The van der Waals surface area contributed by atoms with Crippen LogP contribution in [0, 0.1) is 10.1 Å². The lowest BCUT2D eigenvalue weighted by Gasteiger charge is -2.21. The first-order valence-corrected chi connectivity index (χ1v) is 11.8. The number of pyridine rings is 1. The molecule has 1 atom stereocenters. The van der Waals surface area contributed by atoms with Crippen molar-refractivity contribution in [1.82, 2.24) is 9.88 Å². The molecule has 3 aromatic rings. The second-order valence-electron chi connectivity index (χ2n) is 8.34. The highest BCUT2D eigenvalue weighted by Gasteiger charge is 2.12. The number of nitro benzene ring substituents is 1. The van der Waals surface area contributed by atoms with Crippen LogP contribution in [0.2, 0.25) is 0 Å². The maximum atomic E-state index is 11.3. The molecule has 0 fully saturated rings. The van der Waals surface area contributed by atoms with Gasteiger partial charge >= 0.3 is 0 Å². The van der Waals surface area contributed by atoms with Crippen molar-refractivity contribution in [3.05, 3.63) is 69.9 Å². The lowest BCUT2D eigenvalue weighted by molar-refractivity contribution is -0.385. The first-order chi connectivity index (χ1) is 16.4. The highest BCUT2D eigenvalue weighted by atomic mass is 16.6. The van der Waals surface area contributed by atoms with Crippen molar-refractivity contribution >= 4 is 34.4 Å². The summed E-state index contributed by atoms with van der Waals surface area (Å²) in [4.78, 5) is 18.2. The van der Waals surface area contributed by atoms with E-state index in [1.807, 2.05) is 30.3 Å². The van der Waals surface area contributed by atoms with Crippen LogP contribution in [-0.2, 0) is 0 Å². The van der Waals surface area contributed by atoms with Crippen molar-refractivity contribution in [3.8, 4) is 5.75 Å². The van der Waals surface area contributed by atoms with E-state index in [2.05, 4.69) is 31.0 Å². The number of nitrogens with zero attached hydrogens (tertiary/aromatic N) is 3. The molecule has 1 aromatic heterocycles. The molecule has 1 N–H and O–H groups in total. The van der Waals surface area contributed by atoms with Crippen LogP contribution in [-0.4, -0.2) is 47.6 Å². The Bertz CT molecular complexity index is 1140. The standard InChI is InChI=1S/C27H34N4O3/c1-5-30(6-2)17-9-10-20(3)28-26-18-22(29-25-16-15-23(34-4)19-24(25)26)14-13-21-11-7-8-12-27(21)31(32)33/h7-8,11-16,18-20H,5-6,9-10,17H2,1-4H3,(H,28,29). The number of fused-ring (bicyclic) bond motifs is 1. The third-order valence-electron chi connectivity index (χ3n) is 6.01. The van der Waals surface area contributed by atoms with Crippen LogP contribution in [0.1, 0.15) is 44.9 Å². The van der Waals surface area contributed by atoms with E-state index in [0.29, 0.717) is 5.56 Å². The normalized spacial score (nSPS) is 12.4. The van der Waals surface area contributed by atoms with Crippen molar-refractivity contribution in [3.63, 3.8) is 0 Å². The van der Waals surface area contributed by atoms with Crippen molar-refractivity contribution in [2.24, 2.45) is 0 Å². The van der Waals surface area contributed by atoms with E-state index in [4.69, 9.17) is 9.72 Å². The highest BCUT2D eigenvalue weighted by molar-refractivity contribution is 5.94. The van der Waals surface area contributed by atoms with Gasteiger partial charge in [-0.25, -0.2) is 4.98 Å². The van der Waals surface area contributed by atoms with Gasteiger partial charge in [0.05, 0.1) is 28.8 Å². The summed E-state index contributed by atoms with van der Waals surface area (Å²) in [5.41, 5.74) is 3.16. The number of benzene rings is 2. The number of nitro groups is 1. The summed E-state index contributed by atoms with van der Waals surface area (Å²) < 4.78 is 5.43. The van der Waals surface area contributed by atoms with Gasteiger partial charge in [-0.15, -0.1) is 0 Å². The predicted molar refractivity (Wildman–Crippen MR) is 140 cm³/mol. The number of para-hydroxylation sites is 1. The summed E-state index contributed by atoms with van der Waals surface area (Å²) in [6.07, 6.45) is 5.73. The van der Waals surface area contributed by atoms with Crippen molar-refractivity contribution in [2.45, 2.75) is 39.7 Å². The third-order valence-corrected chi connectivity index (χ3v) is 6.01. The van der Waals surface area contributed by atoms with Gasteiger partial charge in [-0.05, 0) is 81.9 Å². The number of nitrogens with one attached hydrogen (secondary N) is 1. The summed E-state index contributed by atoms with van der Waals surface area (Å²) >= 11 is 0. The van der Waals surface area contributed by atoms with E-state index in [0.717, 1.165) is 60.5 Å². The minimum absolute atomic E-state index is 0.0736. The van der Waals surface area contributed by atoms with E-state index in [-0.39, 0.29) is 16.7 Å². The van der Waals surface area contributed by atoms with Gasteiger partial charge in [-0.1, -0.05) is 26.0 Å². The van der Waals surface area contributed by atoms with Crippen molar-refractivity contribution < 1.29 is 9.66 Å². The van der Waals surface area contributed by atoms with E-state index >= 15 is 0 Å². The van der Waals surface area contributed by atoms with Gasteiger partial charge in [-0.2, -0.15) is 0 Å². The zero-order valence-electron chi connectivity index (χ0n) is 20.5. The second kappa shape index (κ2) is 12.1. The first kappa shape index (κ1) is 25.2. The van der Waals surface area contributed by atoms with Gasteiger partial charge in [0.25, 0.3) is 5.69 Å². The molecule has 0 amide bonds. The quantitative estimate of drug-likeness (QED) is 0.253. The fourth-order valence-corrected chi connectivity index (χ4v) is 4.03. The van der Waals surface area contributed by atoms with E-state index in [9.17, 15) is 10.1 Å². The molecule has 0 saturated carbocycles. The Morgan fingerprint density at radius 1 is 1.15 bits per heavy atom. The van der Waals surface area contributed by atoms with Crippen LogP contribution in [0.3, 0.4) is 0 Å². The first-order valence-electron chi connectivity index (χ1n) is 11.8. The molecule has 180 valence electrons.